The van der Waals surface area contributed by atoms with Gasteiger partial charge in [0.25, 0.3) is 0 Å². The molecule has 0 saturated heterocycles. The van der Waals surface area contributed by atoms with Gasteiger partial charge in [0.15, 0.2) is 0 Å². The van der Waals surface area contributed by atoms with Crippen LogP contribution in [-0.4, -0.2) is 0 Å². The molecule has 0 aliphatic rings. The summed E-state index contributed by atoms with van der Waals surface area (Å²) in [6, 6.07) is 50.7. The molecule has 0 fully saturated rings. The van der Waals surface area contributed by atoms with Gasteiger partial charge in [-0.3, -0.25) is 0 Å². The van der Waals surface area contributed by atoms with E-state index in [4.69, 9.17) is 4.42 Å². The van der Waals surface area contributed by atoms with E-state index >= 15 is 0 Å². The van der Waals surface area contributed by atoms with Crippen LogP contribution < -0.4 is 0 Å². The van der Waals surface area contributed by atoms with Crippen molar-refractivity contribution in [3.05, 3.63) is 145 Å². The Morgan fingerprint density at radius 1 is 0.419 bits per heavy atom. The van der Waals surface area contributed by atoms with Crippen LogP contribution in [0.5, 0.6) is 0 Å². The fourth-order valence-corrected chi connectivity index (χ4v) is 6.49. The number of para-hydroxylation sites is 2. The third-order valence-electron chi connectivity index (χ3n) is 8.86. The topological polar surface area (TPSA) is 13.1 Å². The van der Waals surface area contributed by atoms with Crippen LogP contribution >= 0.6 is 0 Å². The van der Waals surface area contributed by atoms with Crippen LogP contribution in [0.15, 0.2) is 144 Å². The molecule has 1 heterocycles. The lowest BCUT2D eigenvalue weighted by Crippen LogP contribution is -2.10. The number of furan rings is 1. The highest BCUT2D eigenvalue weighted by Gasteiger charge is 2.15. The molecule has 0 amide bonds. The molecule has 0 unspecified atom stereocenters. The fourth-order valence-electron chi connectivity index (χ4n) is 6.49. The zero-order chi connectivity index (χ0) is 29.1. The Morgan fingerprint density at radius 2 is 1.02 bits per heavy atom. The monoisotopic (exact) mass is 552 g/mol. The maximum absolute atomic E-state index is 6.32. The summed E-state index contributed by atoms with van der Waals surface area (Å²) >= 11 is 0. The van der Waals surface area contributed by atoms with E-state index in [1.165, 1.54) is 49.4 Å². The average Bonchev–Trinajstić information content (AvgIpc) is 3.43. The molecule has 0 N–H and O–H groups in total. The summed E-state index contributed by atoms with van der Waals surface area (Å²) < 4.78 is 6.32. The number of hydrogen-bond donors (Lipinski definition) is 0. The van der Waals surface area contributed by atoms with Gasteiger partial charge in [-0.2, -0.15) is 0 Å². The van der Waals surface area contributed by atoms with Crippen LogP contribution in [0.4, 0.5) is 0 Å². The van der Waals surface area contributed by atoms with Crippen molar-refractivity contribution in [2.24, 2.45) is 0 Å². The van der Waals surface area contributed by atoms with E-state index in [2.05, 4.69) is 148 Å². The normalized spacial score (nSPS) is 12.1. The van der Waals surface area contributed by atoms with Gasteiger partial charge in [-0.25, -0.2) is 0 Å². The Balaban J connectivity index is 1.21. The van der Waals surface area contributed by atoms with Gasteiger partial charge >= 0.3 is 0 Å². The summed E-state index contributed by atoms with van der Waals surface area (Å²) in [7, 11) is 0. The van der Waals surface area contributed by atoms with Crippen molar-refractivity contribution in [1.29, 1.82) is 0 Å². The maximum atomic E-state index is 6.32. The number of fused-ring (bicyclic) bond motifs is 6. The first kappa shape index (κ1) is 25.6. The number of benzene rings is 7. The van der Waals surface area contributed by atoms with Gasteiger partial charge in [0.1, 0.15) is 11.2 Å². The van der Waals surface area contributed by atoms with E-state index < -0.39 is 0 Å². The van der Waals surface area contributed by atoms with Gasteiger partial charge in [-0.05, 0) is 78.5 Å². The molecule has 206 valence electrons. The van der Waals surface area contributed by atoms with Crippen molar-refractivity contribution in [3.63, 3.8) is 0 Å². The zero-order valence-electron chi connectivity index (χ0n) is 24.7. The van der Waals surface area contributed by atoms with Crippen molar-refractivity contribution >= 4 is 43.5 Å². The van der Waals surface area contributed by atoms with E-state index in [1.54, 1.807) is 0 Å². The molecule has 0 bridgehead atoms. The Morgan fingerprint density at radius 3 is 1.77 bits per heavy atom. The van der Waals surface area contributed by atoms with E-state index in [0.717, 1.165) is 33.1 Å². The highest BCUT2D eigenvalue weighted by Crippen LogP contribution is 2.39. The van der Waals surface area contributed by atoms with Gasteiger partial charge in [-0.1, -0.05) is 142 Å². The van der Waals surface area contributed by atoms with Crippen LogP contribution in [0.25, 0.3) is 76.9 Å². The first-order valence-electron chi connectivity index (χ1n) is 15.0. The number of hydrogen-bond acceptors (Lipinski definition) is 1. The van der Waals surface area contributed by atoms with Crippen molar-refractivity contribution in [3.8, 4) is 33.4 Å². The molecule has 7 aromatic carbocycles. The average molecular weight is 553 g/mol. The van der Waals surface area contributed by atoms with Crippen molar-refractivity contribution in [2.75, 3.05) is 0 Å². The second kappa shape index (κ2) is 9.71. The Labute approximate surface area is 252 Å². The summed E-state index contributed by atoms with van der Waals surface area (Å²) in [5.41, 5.74) is 10.6. The minimum absolute atomic E-state index is 0.146. The molecular weight excluding hydrogens is 520 g/mol. The summed E-state index contributed by atoms with van der Waals surface area (Å²) in [4.78, 5) is 0. The Kier molecular flexibility index (Phi) is 5.77. The van der Waals surface area contributed by atoms with Crippen molar-refractivity contribution in [1.82, 2.24) is 0 Å². The second-order valence-electron chi connectivity index (χ2n) is 12.6. The fraction of sp³-hybridized carbons (Fsp3) is 0.0952. The third-order valence-corrected chi connectivity index (χ3v) is 8.86. The van der Waals surface area contributed by atoms with Crippen LogP contribution in [0.2, 0.25) is 0 Å². The Bertz CT molecular complexity index is 2290. The zero-order valence-corrected chi connectivity index (χ0v) is 24.7. The highest BCUT2D eigenvalue weighted by molar-refractivity contribution is 6.15. The molecule has 0 aliphatic heterocycles. The molecule has 0 spiro atoms. The molecule has 0 aliphatic carbocycles. The van der Waals surface area contributed by atoms with E-state index in [-0.39, 0.29) is 5.41 Å². The largest absolute Gasteiger partial charge is 0.455 e. The number of rotatable bonds is 3. The van der Waals surface area contributed by atoms with Crippen LogP contribution in [0.1, 0.15) is 26.3 Å². The molecule has 8 rings (SSSR count). The molecule has 43 heavy (non-hydrogen) atoms. The highest BCUT2D eigenvalue weighted by atomic mass is 16.3. The smallest absolute Gasteiger partial charge is 0.143 e. The SMILES string of the molecule is CC(C)(C)c1ccc(-c2ccc3cc(-c4ccc(-c5cccc6c5oc5ccccc56)cc4)c4ccccc4c3c2)cc1. The first-order chi connectivity index (χ1) is 20.9. The first-order valence-corrected chi connectivity index (χ1v) is 15.0. The van der Waals surface area contributed by atoms with E-state index in [1.807, 2.05) is 12.1 Å². The third kappa shape index (κ3) is 4.32. The minimum Gasteiger partial charge on any atom is -0.455 e. The van der Waals surface area contributed by atoms with Gasteiger partial charge in [0.05, 0.1) is 0 Å². The summed E-state index contributed by atoms with van der Waals surface area (Å²) in [6.45, 7) is 6.78. The minimum atomic E-state index is 0.146. The molecule has 8 aromatic rings. The maximum Gasteiger partial charge on any atom is 0.143 e. The molecular formula is C42H32O. The van der Waals surface area contributed by atoms with Gasteiger partial charge < -0.3 is 4.42 Å². The molecule has 1 heteroatoms. The van der Waals surface area contributed by atoms with Crippen LogP contribution in [0.3, 0.4) is 0 Å². The lowest BCUT2D eigenvalue weighted by molar-refractivity contribution is 0.590. The molecule has 0 radical (unpaired) electrons. The lowest BCUT2D eigenvalue weighted by Gasteiger charge is -2.19. The van der Waals surface area contributed by atoms with Crippen LogP contribution in [-0.2, 0) is 5.41 Å². The summed E-state index contributed by atoms with van der Waals surface area (Å²) in [5, 5.41) is 7.39. The van der Waals surface area contributed by atoms with E-state index in [0.29, 0.717) is 0 Å². The molecule has 0 atom stereocenters. The Hall–Kier alpha value is -5.14. The molecule has 1 nitrogen and oxygen atoms in total. The summed E-state index contributed by atoms with van der Waals surface area (Å²) in [6.07, 6.45) is 0. The van der Waals surface area contributed by atoms with Crippen molar-refractivity contribution < 1.29 is 4.42 Å². The summed E-state index contributed by atoms with van der Waals surface area (Å²) in [5.74, 6) is 0. The quantitative estimate of drug-likeness (QED) is 0.199. The van der Waals surface area contributed by atoms with Gasteiger partial charge in [0, 0.05) is 16.3 Å². The second-order valence-corrected chi connectivity index (χ2v) is 12.6. The predicted molar refractivity (Wildman–Crippen MR) is 184 cm³/mol. The standard InChI is InChI=1S/C42H32O/c1-42(2,3)32-23-21-27(22-24-32)30-19-20-31-26-38(34-9-4-5-10-35(34)39(31)25-30)29-17-15-28(16-18-29)33-12-8-13-37-36-11-6-7-14-40(36)43-41(33)37/h4-26H,1-3H3. The molecule has 0 saturated carbocycles. The predicted octanol–water partition coefficient (Wildman–Crippen LogP) is 12.2. The van der Waals surface area contributed by atoms with E-state index in [9.17, 15) is 0 Å². The van der Waals surface area contributed by atoms with Gasteiger partial charge in [0.2, 0.25) is 0 Å². The van der Waals surface area contributed by atoms with Gasteiger partial charge in [-0.15, -0.1) is 0 Å². The van der Waals surface area contributed by atoms with Crippen LogP contribution in [0, 0.1) is 0 Å². The van der Waals surface area contributed by atoms with Crippen molar-refractivity contribution in [2.45, 2.75) is 26.2 Å². The molecule has 1 aromatic heterocycles. The lowest BCUT2D eigenvalue weighted by atomic mass is 9.86.